The molecule has 1 amide bonds. The highest BCUT2D eigenvalue weighted by Crippen LogP contribution is 2.15. The number of piperidine rings is 1. The van der Waals surface area contributed by atoms with Gasteiger partial charge in [0.15, 0.2) is 0 Å². The molecule has 0 aliphatic carbocycles. The summed E-state index contributed by atoms with van der Waals surface area (Å²) in [7, 11) is 0. The summed E-state index contributed by atoms with van der Waals surface area (Å²) in [6.45, 7) is 0.672. The molecule has 1 heterocycles. The van der Waals surface area contributed by atoms with Crippen molar-refractivity contribution in [1.82, 2.24) is 10.2 Å². The summed E-state index contributed by atoms with van der Waals surface area (Å²) in [5, 5.41) is 11.8. The molecule has 1 aromatic carbocycles. The van der Waals surface area contributed by atoms with Gasteiger partial charge in [0.05, 0.1) is 6.54 Å². The van der Waals surface area contributed by atoms with Crippen molar-refractivity contribution in [3.63, 3.8) is 0 Å². The fourth-order valence-electron chi connectivity index (χ4n) is 2.16. The van der Waals surface area contributed by atoms with E-state index in [2.05, 4.69) is 5.32 Å². The van der Waals surface area contributed by atoms with Crippen LogP contribution >= 0.6 is 0 Å². The van der Waals surface area contributed by atoms with Crippen LogP contribution in [0.4, 0.5) is 13.6 Å². The van der Waals surface area contributed by atoms with Crippen LogP contribution in [0.5, 0.6) is 0 Å². The molecular weight excluding hydrogens is 254 g/mol. The number of halogens is 2. The Morgan fingerprint density at radius 2 is 2.11 bits per heavy atom. The molecule has 0 bridgehead atoms. The van der Waals surface area contributed by atoms with Crippen LogP contribution in [0.2, 0.25) is 0 Å². The van der Waals surface area contributed by atoms with Gasteiger partial charge in [-0.15, -0.1) is 0 Å². The van der Waals surface area contributed by atoms with E-state index >= 15 is 0 Å². The lowest BCUT2D eigenvalue weighted by Crippen LogP contribution is -2.51. The lowest BCUT2D eigenvalue weighted by atomic mass is 10.0. The standard InChI is InChI=1S/C13H16F2N2O2/c14-10-3-1-9(2-4-10)7-16-12-5-6-17(13(18)19)8-11(12)15/h1-4,11-12,16H,5-8H2,(H,18,19)/t11-,12+/m0/s1. The molecule has 1 aliphatic rings. The van der Waals surface area contributed by atoms with Crippen LogP contribution in [0.3, 0.4) is 0 Å². The average Bonchev–Trinajstić information content (AvgIpc) is 2.39. The highest BCUT2D eigenvalue weighted by molar-refractivity contribution is 5.65. The molecule has 0 spiro atoms. The number of benzene rings is 1. The Labute approximate surface area is 110 Å². The molecule has 19 heavy (non-hydrogen) atoms. The van der Waals surface area contributed by atoms with Crippen molar-refractivity contribution < 1.29 is 18.7 Å². The molecule has 1 aliphatic heterocycles. The number of carboxylic acid groups (broad SMARTS) is 1. The topological polar surface area (TPSA) is 52.6 Å². The summed E-state index contributed by atoms with van der Waals surface area (Å²) in [5.74, 6) is -0.304. The maximum absolute atomic E-state index is 13.8. The molecule has 1 saturated heterocycles. The Morgan fingerprint density at radius 3 is 2.68 bits per heavy atom. The van der Waals surface area contributed by atoms with E-state index in [9.17, 15) is 13.6 Å². The molecule has 2 N–H and O–H groups in total. The minimum Gasteiger partial charge on any atom is -0.465 e. The number of nitrogens with one attached hydrogen (secondary N) is 1. The van der Waals surface area contributed by atoms with Gasteiger partial charge in [-0.1, -0.05) is 12.1 Å². The van der Waals surface area contributed by atoms with E-state index in [0.29, 0.717) is 19.5 Å². The number of hydrogen-bond acceptors (Lipinski definition) is 2. The molecule has 2 atom stereocenters. The summed E-state index contributed by atoms with van der Waals surface area (Å²) in [5.41, 5.74) is 0.870. The van der Waals surface area contributed by atoms with Gasteiger partial charge in [-0.05, 0) is 24.1 Å². The molecule has 0 aromatic heterocycles. The third-order valence-corrected chi connectivity index (χ3v) is 3.29. The van der Waals surface area contributed by atoms with Crippen molar-refractivity contribution in [1.29, 1.82) is 0 Å². The second kappa shape index (κ2) is 5.97. The molecule has 0 unspecified atom stereocenters. The van der Waals surface area contributed by atoms with Gasteiger partial charge in [-0.2, -0.15) is 0 Å². The zero-order valence-electron chi connectivity index (χ0n) is 10.4. The van der Waals surface area contributed by atoms with Crippen LogP contribution in [-0.2, 0) is 6.54 Å². The smallest absolute Gasteiger partial charge is 0.407 e. The molecule has 1 aromatic rings. The number of amides is 1. The van der Waals surface area contributed by atoms with Gasteiger partial charge in [0, 0.05) is 19.1 Å². The lowest BCUT2D eigenvalue weighted by molar-refractivity contribution is 0.0881. The predicted molar refractivity (Wildman–Crippen MR) is 66.1 cm³/mol. The van der Waals surface area contributed by atoms with Crippen molar-refractivity contribution in [2.45, 2.75) is 25.2 Å². The van der Waals surface area contributed by atoms with Crippen molar-refractivity contribution in [3.8, 4) is 0 Å². The van der Waals surface area contributed by atoms with Crippen LogP contribution in [0.15, 0.2) is 24.3 Å². The highest BCUT2D eigenvalue weighted by atomic mass is 19.1. The van der Waals surface area contributed by atoms with Crippen LogP contribution in [0, 0.1) is 5.82 Å². The first kappa shape index (κ1) is 13.7. The SMILES string of the molecule is O=C(O)N1CC[C@@H](NCc2ccc(F)cc2)[C@@H](F)C1. The van der Waals surface area contributed by atoms with E-state index in [1.807, 2.05) is 0 Å². The summed E-state index contributed by atoms with van der Waals surface area (Å²) in [4.78, 5) is 11.8. The van der Waals surface area contributed by atoms with Crippen LogP contribution in [0.25, 0.3) is 0 Å². The van der Waals surface area contributed by atoms with Gasteiger partial charge >= 0.3 is 6.09 Å². The number of rotatable bonds is 3. The number of nitrogens with zero attached hydrogens (tertiary/aromatic N) is 1. The number of carbonyl (C=O) groups is 1. The molecule has 6 heteroatoms. The van der Waals surface area contributed by atoms with Crippen LogP contribution < -0.4 is 5.32 Å². The van der Waals surface area contributed by atoms with Gasteiger partial charge in [0.1, 0.15) is 12.0 Å². The molecule has 0 saturated carbocycles. The lowest BCUT2D eigenvalue weighted by Gasteiger charge is -2.33. The van der Waals surface area contributed by atoms with Crippen LogP contribution in [0.1, 0.15) is 12.0 Å². The monoisotopic (exact) mass is 270 g/mol. The van der Waals surface area contributed by atoms with E-state index in [1.165, 1.54) is 12.1 Å². The van der Waals surface area contributed by atoms with E-state index in [1.54, 1.807) is 12.1 Å². The minimum atomic E-state index is -1.22. The third-order valence-electron chi connectivity index (χ3n) is 3.29. The van der Waals surface area contributed by atoms with E-state index in [0.717, 1.165) is 10.5 Å². The zero-order chi connectivity index (χ0) is 13.8. The zero-order valence-corrected chi connectivity index (χ0v) is 10.4. The maximum atomic E-state index is 13.8. The summed E-state index contributed by atoms with van der Waals surface area (Å²) in [6, 6.07) is 5.64. The van der Waals surface area contributed by atoms with Crippen molar-refractivity contribution in [2.75, 3.05) is 13.1 Å². The average molecular weight is 270 g/mol. The third kappa shape index (κ3) is 3.64. The maximum Gasteiger partial charge on any atom is 0.407 e. The van der Waals surface area contributed by atoms with Gasteiger partial charge < -0.3 is 15.3 Å². The highest BCUT2D eigenvalue weighted by Gasteiger charge is 2.30. The molecule has 4 nitrogen and oxygen atoms in total. The Morgan fingerprint density at radius 1 is 1.42 bits per heavy atom. The normalized spacial score (nSPS) is 23.4. The molecule has 0 radical (unpaired) electrons. The number of likely N-dealkylation sites (tertiary alicyclic amines) is 1. The first-order chi connectivity index (χ1) is 9.06. The molecular formula is C13H16F2N2O2. The van der Waals surface area contributed by atoms with E-state index < -0.39 is 12.3 Å². The molecule has 104 valence electrons. The summed E-state index contributed by atoms with van der Waals surface area (Å²) in [6.07, 6.45) is -1.86. The first-order valence-corrected chi connectivity index (χ1v) is 6.16. The Hall–Kier alpha value is -1.69. The fraction of sp³-hybridized carbons (Fsp3) is 0.462. The second-order valence-corrected chi connectivity index (χ2v) is 4.65. The quantitative estimate of drug-likeness (QED) is 0.883. The fourth-order valence-corrected chi connectivity index (χ4v) is 2.16. The number of alkyl halides is 1. The van der Waals surface area contributed by atoms with Crippen LogP contribution in [-0.4, -0.2) is 41.4 Å². The van der Waals surface area contributed by atoms with Crippen molar-refractivity contribution in [2.24, 2.45) is 0 Å². The van der Waals surface area contributed by atoms with Gasteiger partial charge in [-0.3, -0.25) is 0 Å². The van der Waals surface area contributed by atoms with E-state index in [-0.39, 0.29) is 18.4 Å². The Bertz CT molecular complexity index is 439. The van der Waals surface area contributed by atoms with Gasteiger partial charge in [0.25, 0.3) is 0 Å². The van der Waals surface area contributed by atoms with Crippen molar-refractivity contribution >= 4 is 6.09 Å². The van der Waals surface area contributed by atoms with Gasteiger partial charge in [-0.25, -0.2) is 13.6 Å². The van der Waals surface area contributed by atoms with E-state index in [4.69, 9.17) is 5.11 Å². The second-order valence-electron chi connectivity index (χ2n) is 4.65. The molecule has 1 fully saturated rings. The van der Waals surface area contributed by atoms with Gasteiger partial charge in [0.2, 0.25) is 0 Å². The first-order valence-electron chi connectivity index (χ1n) is 6.16. The molecule has 2 rings (SSSR count). The summed E-state index contributed by atoms with van der Waals surface area (Å²) < 4.78 is 26.5. The predicted octanol–water partition coefficient (Wildman–Crippen LogP) is 2.01. The minimum absolute atomic E-state index is 0.101. The largest absolute Gasteiger partial charge is 0.465 e. The Balaban J connectivity index is 1.84. The summed E-state index contributed by atoms with van der Waals surface area (Å²) >= 11 is 0. The number of hydrogen-bond donors (Lipinski definition) is 2. The van der Waals surface area contributed by atoms with Crippen molar-refractivity contribution in [3.05, 3.63) is 35.6 Å². The Kier molecular flexibility index (Phi) is 4.31.